The van der Waals surface area contributed by atoms with Crippen LogP contribution in [0.1, 0.15) is 17.2 Å². The van der Waals surface area contributed by atoms with E-state index in [1.165, 1.54) is 6.07 Å². The molecule has 1 atom stereocenters. The van der Waals surface area contributed by atoms with Crippen LogP contribution >= 0.6 is 15.9 Å². The van der Waals surface area contributed by atoms with Crippen LogP contribution in [-0.2, 0) is 6.54 Å². The predicted octanol–water partition coefficient (Wildman–Crippen LogP) is 3.41. The SMILES string of the molecule is OCC(NCc1ccc(Br)cc1F)c1ccccc1. The second kappa shape index (κ2) is 6.80. The van der Waals surface area contributed by atoms with E-state index in [1.807, 2.05) is 30.3 Å². The molecule has 0 aliphatic carbocycles. The van der Waals surface area contributed by atoms with Crippen LogP contribution in [0, 0.1) is 5.82 Å². The van der Waals surface area contributed by atoms with Gasteiger partial charge in [-0.25, -0.2) is 4.39 Å². The lowest BCUT2D eigenvalue weighted by molar-refractivity contribution is 0.243. The highest BCUT2D eigenvalue weighted by atomic mass is 79.9. The van der Waals surface area contributed by atoms with Gasteiger partial charge in [-0.15, -0.1) is 0 Å². The fourth-order valence-corrected chi connectivity index (χ4v) is 2.20. The summed E-state index contributed by atoms with van der Waals surface area (Å²) in [5.74, 6) is -0.258. The zero-order valence-electron chi connectivity index (χ0n) is 10.3. The Labute approximate surface area is 120 Å². The monoisotopic (exact) mass is 323 g/mol. The Morgan fingerprint density at radius 3 is 2.53 bits per heavy atom. The summed E-state index contributed by atoms with van der Waals surface area (Å²) in [5, 5.41) is 12.6. The molecule has 0 heterocycles. The molecule has 2 rings (SSSR count). The highest BCUT2D eigenvalue weighted by molar-refractivity contribution is 9.10. The van der Waals surface area contributed by atoms with Gasteiger partial charge in [0, 0.05) is 16.6 Å². The first kappa shape index (κ1) is 14.2. The van der Waals surface area contributed by atoms with Crippen molar-refractivity contribution in [3.8, 4) is 0 Å². The first-order valence-electron chi connectivity index (χ1n) is 6.04. The van der Waals surface area contributed by atoms with E-state index in [-0.39, 0.29) is 18.5 Å². The molecule has 0 spiro atoms. The second-order valence-corrected chi connectivity index (χ2v) is 5.18. The lowest BCUT2D eigenvalue weighted by Crippen LogP contribution is -2.24. The van der Waals surface area contributed by atoms with Gasteiger partial charge < -0.3 is 10.4 Å². The predicted molar refractivity (Wildman–Crippen MR) is 77.2 cm³/mol. The van der Waals surface area contributed by atoms with Crippen molar-refractivity contribution in [1.82, 2.24) is 5.32 Å². The van der Waals surface area contributed by atoms with Crippen molar-refractivity contribution >= 4 is 15.9 Å². The molecule has 0 aromatic heterocycles. The summed E-state index contributed by atoms with van der Waals surface area (Å²) in [4.78, 5) is 0. The van der Waals surface area contributed by atoms with Gasteiger partial charge in [-0.2, -0.15) is 0 Å². The molecule has 0 bridgehead atoms. The van der Waals surface area contributed by atoms with E-state index >= 15 is 0 Å². The molecular formula is C15H15BrFNO. The van der Waals surface area contributed by atoms with Crippen LogP contribution in [0.4, 0.5) is 4.39 Å². The van der Waals surface area contributed by atoms with Gasteiger partial charge in [-0.3, -0.25) is 0 Å². The van der Waals surface area contributed by atoms with E-state index in [4.69, 9.17) is 0 Å². The lowest BCUT2D eigenvalue weighted by atomic mass is 10.1. The molecule has 0 amide bonds. The normalized spacial score (nSPS) is 12.4. The molecule has 0 aliphatic heterocycles. The van der Waals surface area contributed by atoms with E-state index in [0.29, 0.717) is 12.1 Å². The van der Waals surface area contributed by atoms with Crippen molar-refractivity contribution in [2.45, 2.75) is 12.6 Å². The number of nitrogens with one attached hydrogen (secondary N) is 1. The van der Waals surface area contributed by atoms with Crippen molar-refractivity contribution in [3.05, 3.63) is 69.9 Å². The van der Waals surface area contributed by atoms with Crippen LogP contribution in [-0.4, -0.2) is 11.7 Å². The number of hydrogen-bond acceptors (Lipinski definition) is 2. The average Bonchev–Trinajstić information content (AvgIpc) is 2.43. The molecule has 0 saturated carbocycles. The molecule has 2 aromatic rings. The van der Waals surface area contributed by atoms with E-state index in [0.717, 1.165) is 10.0 Å². The Hall–Kier alpha value is -1.23. The number of benzene rings is 2. The highest BCUT2D eigenvalue weighted by Crippen LogP contribution is 2.17. The van der Waals surface area contributed by atoms with Crippen molar-refractivity contribution in [1.29, 1.82) is 0 Å². The maximum atomic E-state index is 13.7. The molecule has 0 radical (unpaired) electrons. The maximum Gasteiger partial charge on any atom is 0.128 e. The van der Waals surface area contributed by atoms with Crippen LogP contribution in [0.25, 0.3) is 0 Å². The summed E-state index contributed by atoms with van der Waals surface area (Å²) < 4.78 is 14.4. The van der Waals surface area contributed by atoms with Crippen LogP contribution in [0.3, 0.4) is 0 Å². The topological polar surface area (TPSA) is 32.3 Å². The summed E-state index contributed by atoms with van der Waals surface area (Å²) in [6.07, 6.45) is 0. The third kappa shape index (κ3) is 3.86. The van der Waals surface area contributed by atoms with Gasteiger partial charge in [0.25, 0.3) is 0 Å². The summed E-state index contributed by atoms with van der Waals surface area (Å²) in [6.45, 7) is 0.349. The van der Waals surface area contributed by atoms with Crippen molar-refractivity contribution < 1.29 is 9.50 Å². The zero-order valence-corrected chi connectivity index (χ0v) is 11.9. The molecular weight excluding hydrogens is 309 g/mol. The van der Waals surface area contributed by atoms with E-state index in [2.05, 4.69) is 21.2 Å². The van der Waals surface area contributed by atoms with Crippen LogP contribution < -0.4 is 5.32 Å². The van der Waals surface area contributed by atoms with Gasteiger partial charge in [0.2, 0.25) is 0 Å². The number of halogens is 2. The molecule has 4 heteroatoms. The summed E-state index contributed by atoms with van der Waals surface area (Å²) in [7, 11) is 0. The van der Waals surface area contributed by atoms with Crippen LogP contribution in [0.15, 0.2) is 53.0 Å². The lowest BCUT2D eigenvalue weighted by Gasteiger charge is -2.17. The van der Waals surface area contributed by atoms with Crippen molar-refractivity contribution in [3.63, 3.8) is 0 Å². The smallest absolute Gasteiger partial charge is 0.128 e. The first-order valence-corrected chi connectivity index (χ1v) is 6.83. The Morgan fingerprint density at radius 1 is 1.16 bits per heavy atom. The second-order valence-electron chi connectivity index (χ2n) is 4.26. The van der Waals surface area contributed by atoms with E-state index in [9.17, 15) is 9.50 Å². The Kier molecular flexibility index (Phi) is 5.07. The Bertz CT molecular complexity index is 533. The molecule has 1 unspecified atom stereocenters. The third-order valence-corrected chi connectivity index (χ3v) is 3.43. The minimum Gasteiger partial charge on any atom is -0.394 e. The van der Waals surface area contributed by atoms with Crippen molar-refractivity contribution in [2.75, 3.05) is 6.61 Å². The maximum absolute atomic E-state index is 13.7. The van der Waals surface area contributed by atoms with Crippen LogP contribution in [0.5, 0.6) is 0 Å². The number of rotatable bonds is 5. The van der Waals surface area contributed by atoms with Gasteiger partial charge in [0.1, 0.15) is 5.82 Å². The quantitative estimate of drug-likeness (QED) is 0.883. The molecule has 2 N–H and O–H groups in total. The van der Waals surface area contributed by atoms with Gasteiger partial charge in [0.15, 0.2) is 0 Å². The van der Waals surface area contributed by atoms with Gasteiger partial charge >= 0.3 is 0 Å². The fourth-order valence-electron chi connectivity index (χ4n) is 1.87. The van der Waals surface area contributed by atoms with Gasteiger partial charge in [-0.1, -0.05) is 52.3 Å². The van der Waals surface area contributed by atoms with Gasteiger partial charge in [0.05, 0.1) is 12.6 Å². The zero-order chi connectivity index (χ0) is 13.7. The molecule has 2 nitrogen and oxygen atoms in total. The molecule has 19 heavy (non-hydrogen) atoms. The molecule has 0 aliphatic rings. The standard InChI is InChI=1S/C15H15BrFNO/c16-13-7-6-12(14(17)8-13)9-18-15(10-19)11-4-2-1-3-5-11/h1-8,15,18-19H,9-10H2. The fraction of sp³-hybridized carbons (Fsp3) is 0.200. The summed E-state index contributed by atoms with van der Waals surface area (Å²) in [5.41, 5.74) is 1.57. The third-order valence-electron chi connectivity index (χ3n) is 2.94. The molecule has 2 aromatic carbocycles. The Balaban J connectivity index is 2.04. The van der Waals surface area contributed by atoms with Gasteiger partial charge in [-0.05, 0) is 17.7 Å². The van der Waals surface area contributed by atoms with E-state index in [1.54, 1.807) is 12.1 Å². The number of aliphatic hydroxyl groups is 1. The number of hydrogen-bond donors (Lipinski definition) is 2. The van der Waals surface area contributed by atoms with E-state index < -0.39 is 0 Å². The minimum absolute atomic E-state index is 0.0256. The summed E-state index contributed by atoms with van der Waals surface area (Å²) >= 11 is 3.23. The first-order chi connectivity index (χ1) is 9.20. The average molecular weight is 324 g/mol. The number of aliphatic hydroxyl groups excluding tert-OH is 1. The molecule has 100 valence electrons. The highest BCUT2D eigenvalue weighted by Gasteiger charge is 2.10. The van der Waals surface area contributed by atoms with Crippen LogP contribution in [0.2, 0.25) is 0 Å². The molecule has 0 saturated heterocycles. The molecule has 0 fully saturated rings. The van der Waals surface area contributed by atoms with Crippen molar-refractivity contribution in [2.24, 2.45) is 0 Å². The Morgan fingerprint density at radius 2 is 1.89 bits per heavy atom. The minimum atomic E-state index is -0.258. The summed E-state index contributed by atoms with van der Waals surface area (Å²) in [6, 6.07) is 14.4. The largest absolute Gasteiger partial charge is 0.394 e.